The average Bonchev–Trinajstić information content (AvgIpc) is 3.21. The van der Waals surface area contributed by atoms with Gasteiger partial charge in [-0.2, -0.15) is 5.10 Å². The maximum absolute atomic E-state index is 11.9. The Hall–Kier alpha value is -3.98. The third kappa shape index (κ3) is 5.09. The van der Waals surface area contributed by atoms with Gasteiger partial charge < -0.3 is 20.5 Å². The zero-order chi connectivity index (χ0) is 24.9. The van der Waals surface area contributed by atoms with Gasteiger partial charge in [-0.1, -0.05) is 19.1 Å². The van der Waals surface area contributed by atoms with Crippen LogP contribution >= 0.6 is 0 Å². The smallest absolute Gasteiger partial charge is 0.251 e. The van der Waals surface area contributed by atoms with Crippen LogP contribution in [0.15, 0.2) is 48.8 Å². The number of aliphatic hydroxyl groups is 1. The first-order valence-corrected chi connectivity index (χ1v) is 11.5. The van der Waals surface area contributed by atoms with Crippen LogP contribution in [0, 0.1) is 6.92 Å². The van der Waals surface area contributed by atoms with Gasteiger partial charge in [0.05, 0.1) is 37.2 Å². The van der Waals surface area contributed by atoms with Crippen molar-refractivity contribution in [3.63, 3.8) is 0 Å². The fourth-order valence-corrected chi connectivity index (χ4v) is 4.15. The average molecular weight is 475 g/mol. The molecular weight excluding hydrogens is 444 g/mol. The topological polar surface area (TPSA) is 114 Å². The molecule has 182 valence electrons. The van der Waals surface area contributed by atoms with Crippen molar-refractivity contribution in [2.75, 3.05) is 32.6 Å². The van der Waals surface area contributed by atoms with Crippen LogP contribution < -0.4 is 15.4 Å². The van der Waals surface area contributed by atoms with Crippen LogP contribution in [0.4, 0.5) is 5.82 Å². The highest BCUT2D eigenvalue weighted by Crippen LogP contribution is 2.29. The summed E-state index contributed by atoms with van der Waals surface area (Å²) >= 11 is 0. The first-order valence-electron chi connectivity index (χ1n) is 11.5. The molecule has 0 aliphatic carbocycles. The Balaban J connectivity index is 1.51. The van der Waals surface area contributed by atoms with Gasteiger partial charge in [-0.05, 0) is 36.8 Å². The van der Waals surface area contributed by atoms with Gasteiger partial charge in [0.25, 0.3) is 5.91 Å². The number of hydrogen-bond acceptors (Lipinski definition) is 7. The molecule has 0 saturated carbocycles. The SMILES string of the molecule is CNC(=O)c1ccc(C(C)CNc2cc(-c3ccc4c(c3)c(C)nn4CCO)ncn2)c(OC)c1. The third-order valence-corrected chi connectivity index (χ3v) is 6.05. The van der Waals surface area contributed by atoms with Gasteiger partial charge in [0.2, 0.25) is 0 Å². The van der Waals surface area contributed by atoms with E-state index in [9.17, 15) is 9.90 Å². The summed E-state index contributed by atoms with van der Waals surface area (Å²) < 4.78 is 7.36. The molecule has 9 heteroatoms. The number of fused-ring (bicyclic) bond motifs is 1. The van der Waals surface area contributed by atoms with Gasteiger partial charge in [0.15, 0.2) is 0 Å². The minimum atomic E-state index is -0.150. The molecule has 35 heavy (non-hydrogen) atoms. The van der Waals surface area contributed by atoms with Gasteiger partial charge in [-0.3, -0.25) is 9.48 Å². The molecule has 1 unspecified atom stereocenters. The maximum Gasteiger partial charge on any atom is 0.251 e. The van der Waals surface area contributed by atoms with E-state index in [1.807, 2.05) is 35.9 Å². The quantitative estimate of drug-likeness (QED) is 0.341. The number of nitrogens with zero attached hydrogens (tertiary/aromatic N) is 4. The number of aromatic nitrogens is 4. The summed E-state index contributed by atoms with van der Waals surface area (Å²) in [5.74, 6) is 1.35. The Bertz CT molecular complexity index is 1350. The maximum atomic E-state index is 11.9. The highest BCUT2D eigenvalue weighted by atomic mass is 16.5. The van der Waals surface area contributed by atoms with Crippen molar-refractivity contribution in [2.24, 2.45) is 0 Å². The van der Waals surface area contributed by atoms with Crippen molar-refractivity contribution in [3.8, 4) is 17.0 Å². The van der Waals surface area contributed by atoms with E-state index >= 15 is 0 Å². The number of nitrogens with one attached hydrogen (secondary N) is 2. The third-order valence-electron chi connectivity index (χ3n) is 6.05. The number of amides is 1. The fraction of sp³-hybridized carbons (Fsp3) is 0.308. The molecule has 0 spiro atoms. The molecule has 0 radical (unpaired) electrons. The van der Waals surface area contributed by atoms with Crippen molar-refractivity contribution in [3.05, 3.63) is 65.6 Å². The summed E-state index contributed by atoms with van der Waals surface area (Å²) in [5.41, 5.74) is 5.23. The minimum Gasteiger partial charge on any atom is -0.496 e. The van der Waals surface area contributed by atoms with E-state index in [4.69, 9.17) is 4.74 Å². The molecule has 0 aliphatic rings. The van der Waals surface area contributed by atoms with Crippen LogP contribution in [0.2, 0.25) is 0 Å². The summed E-state index contributed by atoms with van der Waals surface area (Å²) in [6.07, 6.45) is 1.55. The molecule has 4 rings (SSSR count). The number of aliphatic hydroxyl groups excluding tert-OH is 1. The van der Waals surface area contributed by atoms with Crippen LogP contribution in [0.3, 0.4) is 0 Å². The Morgan fingerprint density at radius 2 is 2.00 bits per heavy atom. The number of carbonyl (C=O) groups is 1. The van der Waals surface area contributed by atoms with E-state index in [0.29, 0.717) is 24.4 Å². The van der Waals surface area contributed by atoms with E-state index in [-0.39, 0.29) is 18.4 Å². The van der Waals surface area contributed by atoms with Crippen LogP contribution in [0.25, 0.3) is 22.2 Å². The molecule has 1 amide bonds. The number of methoxy groups -OCH3 is 1. The summed E-state index contributed by atoms with van der Waals surface area (Å²) in [6.45, 7) is 5.18. The molecule has 2 heterocycles. The van der Waals surface area contributed by atoms with E-state index in [0.717, 1.165) is 39.2 Å². The lowest BCUT2D eigenvalue weighted by atomic mass is 9.98. The normalized spacial score (nSPS) is 11.9. The molecule has 9 nitrogen and oxygen atoms in total. The molecule has 2 aromatic heterocycles. The lowest BCUT2D eigenvalue weighted by molar-refractivity contribution is 0.0962. The highest BCUT2D eigenvalue weighted by molar-refractivity contribution is 5.94. The second kappa shape index (κ2) is 10.5. The molecular formula is C26H30N6O3. The second-order valence-corrected chi connectivity index (χ2v) is 8.37. The molecule has 0 fully saturated rings. The Morgan fingerprint density at radius 3 is 2.74 bits per heavy atom. The lowest BCUT2D eigenvalue weighted by Crippen LogP contribution is -2.18. The second-order valence-electron chi connectivity index (χ2n) is 8.37. The Labute approximate surface area is 204 Å². The zero-order valence-corrected chi connectivity index (χ0v) is 20.4. The number of anilines is 1. The van der Waals surface area contributed by atoms with Crippen molar-refractivity contribution < 1.29 is 14.6 Å². The predicted molar refractivity (Wildman–Crippen MR) is 136 cm³/mol. The van der Waals surface area contributed by atoms with Gasteiger partial charge in [-0.15, -0.1) is 0 Å². The monoisotopic (exact) mass is 474 g/mol. The zero-order valence-electron chi connectivity index (χ0n) is 20.4. The molecule has 2 aromatic carbocycles. The van der Waals surface area contributed by atoms with Crippen LogP contribution in [-0.2, 0) is 6.54 Å². The summed E-state index contributed by atoms with van der Waals surface area (Å²) in [4.78, 5) is 20.8. The highest BCUT2D eigenvalue weighted by Gasteiger charge is 2.15. The molecule has 1 atom stereocenters. The standard InChI is InChI=1S/C26H30N6O3/c1-16(20-7-5-19(26(34)27-3)12-24(20)35-4)14-28-25-13-22(29-15-30-25)18-6-8-23-21(11-18)17(2)31-32(23)9-10-33/h5-8,11-13,15-16,33H,9-10,14H2,1-4H3,(H,27,34)(H,28,29,30). The molecule has 3 N–H and O–H groups in total. The summed E-state index contributed by atoms with van der Waals surface area (Å²) in [6, 6.07) is 13.5. The molecule has 0 saturated heterocycles. The summed E-state index contributed by atoms with van der Waals surface area (Å²) in [5, 5.41) is 20.9. The lowest BCUT2D eigenvalue weighted by Gasteiger charge is -2.17. The molecule has 0 aliphatic heterocycles. The number of rotatable bonds is 9. The van der Waals surface area contributed by atoms with Crippen molar-refractivity contribution in [1.82, 2.24) is 25.1 Å². The van der Waals surface area contributed by atoms with Crippen molar-refractivity contribution in [2.45, 2.75) is 26.3 Å². The van der Waals surface area contributed by atoms with Crippen LogP contribution in [0.1, 0.15) is 34.5 Å². The minimum absolute atomic E-state index is 0.0431. The van der Waals surface area contributed by atoms with Crippen molar-refractivity contribution in [1.29, 1.82) is 0 Å². The number of carbonyl (C=O) groups excluding carboxylic acids is 1. The first kappa shape index (κ1) is 24.2. The van der Waals surface area contributed by atoms with Gasteiger partial charge in [0.1, 0.15) is 17.9 Å². The molecule has 0 bridgehead atoms. The van der Waals surface area contributed by atoms with E-state index in [1.54, 1.807) is 32.6 Å². The van der Waals surface area contributed by atoms with Crippen LogP contribution in [0.5, 0.6) is 5.75 Å². The fourth-order valence-electron chi connectivity index (χ4n) is 4.15. The first-order chi connectivity index (χ1) is 16.9. The number of aryl methyl sites for hydroxylation is 1. The predicted octanol–water partition coefficient (Wildman–Crippen LogP) is 3.38. The summed E-state index contributed by atoms with van der Waals surface area (Å²) in [7, 11) is 3.21. The Morgan fingerprint density at radius 1 is 1.17 bits per heavy atom. The van der Waals surface area contributed by atoms with Gasteiger partial charge in [0, 0.05) is 42.1 Å². The number of benzene rings is 2. The number of hydrogen-bond donors (Lipinski definition) is 3. The largest absolute Gasteiger partial charge is 0.496 e. The molecule has 4 aromatic rings. The number of ether oxygens (including phenoxy) is 1. The Kier molecular flexibility index (Phi) is 7.26. The van der Waals surface area contributed by atoms with Crippen LogP contribution in [-0.4, -0.2) is 58.1 Å². The van der Waals surface area contributed by atoms with E-state index < -0.39 is 0 Å². The van der Waals surface area contributed by atoms with E-state index in [2.05, 4.69) is 38.7 Å². The van der Waals surface area contributed by atoms with E-state index in [1.165, 1.54) is 0 Å². The van der Waals surface area contributed by atoms with Gasteiger partial charge >= 0.3 is 0 Å². The van der Waals surface area contributed by atoms with Crippen molar-refractivity contribution >= 4 is 22.6 Å². The van der Waals surface area contributed by atoms with Gasteiger partial charge in [-0.25, -0.2) is 9.97 Å².